The van der Waals surface area contributed by atoms with Gasteiger partial charge in [-0.2, -0.15) is 0 Å². The Morgan fingerprint density at radius 2 is 1.33 bits per heavy atom. The number of hydrogen-bond donors (Lipinski definition) is 2. The smallest absolute Gasteiger partial charge is 0.220 e. The summed E-state index contributed by atoms with van der Waals surface area (Å²) in [6, 6.07) is 0. The first kappa shape index (κ1) is 11.4. The van der Waals surface area contributed by atoms with Gasteiger partial charge in [-0.25, -0.2) is 0 Å². The molecule has 0 spiro atoms. The summed E-state index contributed by atoms with van der Waals surface area (Å²) < 4.78 is 9.37. The summed E-state index contributed by atoms with van der Waals surface area (Å²) in [5.74, 6) is 4.55. The number of rotatable bonds is 4. The van der Waals surface area contributed by atoms with Crippen molar-refractivity contribution < 1.29 is 19.7 Å². The summed E-state index contributed by atoms with van der Waals surface area (Å²) in [5, 5.41) is 17.8. The maximum atomic E-state index is 8.90. The van der Waals surface area contributed by atoms with Gasteiger partial charge >= 0.3 is 0 Å². The molecule has 0 saturated carbocycles. The van der Waals surface area contributed by atoms with Crippen LogP contribution in [-0.2, 0) is 9.47 Å². The Labute approximate surface area is 72.1 Å². The lowest BCUT2D eigenvalue weighted by molar-refractivity contribution is -0.0600. The molecule has 4 heteroatoms. The summed E-state index contributed by atoms with van der Waals surface area (Å²) in [6.07, 6.45) is -2.30. The van der Waals surface area contributed by atoms with Gasteiger partial charge in [-0.15, -0.1) is 0 Å². The van der Waals surface area contributed by atoms with Crippen molar-refractivity contribution in [2.24, 2.45) is 0 Å². The normalized spacial score (nSPS) is 14.7. The van der Waals surface area contributed by atoms with Crippen molar-refractivity contribution in [2.75, 3.05) is 13.2 Å². The highest BCUT2D eigenvalue weighted by Gasteiger charge is 1.98. The maximum absolute atomic E-state index is 8.90. The van der Waals surface area contributed by atoms with Crippen molar-refractivity contribution in [3.8, 4) is 11.8 Å². The van der Waals surface area contributed by atoms with Crippen molar-refractivity contribution in [1.82, 2.24) is 0 Å². The number of aliphatic hydroxyl groups excluding tert-OH is 2. The molecule has 2 unspecified atom stereocenters. The van der Waals surface area contributed by atoms with E-state index in [1.165, 1.54) is 0 Å². The minimum absolute atomic E-state index is 0.376. The zero-order valence-electron chi connectivity index (χ0n) is 7.28. The van der Waals surface area contributed by atoms with E-state index < -0.39 is 12.6 Å². The van der Waals surface area contributed by atoms with Gasteiger partial charge in [0.2, 0.25) is 12.6 Å². The van der Waals surface area contributed by atoms with Crippen LogP contribution in [0, 0.1) is 11.8 Å². The van der Waals surface area contributed by atoms with Crippen molar-refractivity contribution in [1.29, 1.82) is 0 Å². The van der Waals surface area contributed by atoms with Crippen molar-refractivity contribution in [3.63, 3.8) is 0 Å². The van der Waals surface area contributed by atoms with E-state index in [0.717, 1.165) is 0 Å². The third-order valence-corrected chi connectivity index (χ3v) is 0.979. The molecular formula is C8H14O4. The SMILES string of the molecule is CCOC(O)C#CC(O)OCC. The third kappa shape index (κ3) is 6.13. The van der Waals surface area contributed by atoms with Crippen LogP contribution in [0.5, 0.6) is 0 Å². The molecule has 0 aromatic rings. The molecule has 4 nitrogen and oxygen atoms in total. The quantitative estimate of drug-likeness (QED) is 0.454. The maximum Gasteiger partial charge on any atom is 0.220 e. The molecule has 70 valence electrons. The predicted molar refractivity (Wildman–Crippen MR) is 43.0 cm³/mol. The third-order valence-electron chi connectivity index (χ3n) is 0.979. The molecule has 0 aromatic carbocycles. The first-order chi connectivity index (χ1) is 5.70. The minimum atomic E-state index is -1.15. The van der Waals surface area contributed by atoms with Crippen molar-refractivity contribution in [2.45, 2.75) is 26.4 Å². The Morgan fingerprint density at radius 3 is 1.58 bits per heavy atom. The second-order valence-corrected chi connectivity index (χ2v) is 1.90. The average Bonchev–Trinajstić information content (AvgIpc) is 2.02. The van der Waals surface area contributed by atoms with Crippen LogP contribution < -0.4 is 0 Å². The zero-order valence-corrected chi connectivity index (χ0v) is 7.28. The van der Waals surface area contributed by atoms with E-state index in [1.54, 1.807) is 13.8 Å². The molecule has 0 heterocycles. The van der Waals surface area contributed by atoms with E-state index >= 15 is 0 Å². The molecule has 12 heavy (non-hydrogen) atoms. The van der Waals surface area contributed by atoms with Crippen molar-refractivity contribution >= 4 is 0 Å². The average molecular weight is 174 g/mol. The first-order valence-electron chi connectivity index (χ1n) is 3.81. The van der Waals surface area contributed by atoms with Gasteiger partial charge in [-0.1, -0.05) is 0 Å². The Hall–Kier alpha value is -0.600. The van der Waals surface area contributed by atoms with E-state index in [0.29, 0.717) is 13.2 Å². The fraction of sp³-hybridized carbons (Fsp3) is 0.750. The van der Waals surface area contributed by atoms with E-state index in [9.17, 15) is 0 Å². The number of aliphatic hydroxyl groups is 2. The summed E-state index contributed by atoms with van der Waals surface area (Å²) in [4.78, 5) is 0. The zero-order chi connectivity index (χ0) is 9.40. The Bertz CT molecular complexity index is 142. The van der Waals surface area contributed by atoms with Crippen LogP contribution in [0.4, 0.5) is 0 Å². The molecular weight excluding hydrogens is 160 g/mol. The fourth-order valence-corrected chi connectivity index (χ4v) is 0.542. The van der Waals surface area contributed by atoms with E-state index in [2.05, 4.69) is 21.3 Å². The molecule has 0 aliphatic heterocycles. The van der Waals surface area contributed by atoms with Gasteiger partial charge < -0.3 is 19.7 Å². The molecule has 0 radical (unpaired) electrons. The van der Waals surface area contributed by atoms with E-state index in [1.807, 2.05) is 0 Å². The molecule has 0 saturated heterocycles. The standard InChI is InChI=1S/C8H14O4/c1-3-11-7(9)5-6-8(10)12-4-2/h7-10H,3-4H2,1-2H3. The Morgan fingerprint density at radius 1 is 1.00 bits per heavy atom. The molecule has 0 fully saturated rings. The molecule has 2 atom stereocenters. The van der Waals surface area contributed by atoms with Crippen LogP contribution >= 0.6 is 0 Å². The molecule has 0 amide bonds. The highest BCUT2D eigenvalue weighted by atomic mass is 16.6. The lowest BCUT2D eigenvalue weighted by Crippen LogP contribution is -2.12. The summed E-state index contributed by atoms with van der Waals surface area (Å²) in [7, 11) is 0. The predicted octanol–water partition coefficient (Wildman–Crippen LogP) is -0.300. The molecule has 0 aromatic heterocycles. The van der Waals surface area contributed by atoms with Crippen LogP contribution in [0.3, 0.4) is 0 Å². The van der Waals surface area contributed by atoms with Gasteiger partial charge in [-0.05, 0) is 25.7 Å². The van der Waals surface area contributed by atoms with Crippen molar-refractivity contribution in [3.05, 3.63) is 0 Å². The van der Waals surface area contributed by atoms with Crippen LogP contribution in [0.15, 0.2) is 0 Å². The molecule has 0 aliphatic carbocycles. The second kappa shape index (κ2) is 7.07. The molecule has 0 bridgehead atoms. The van der Waals surface area contributed by atoms with Crippen LogP contribution in [-0.4, -0.2) is 36.0 Å². The van der Waals surface area contributed by atoms with Crippen LogP contribution in [0.1, 0.15) is 13.8 Å². The highest BCUT2D eigenvalue weighted by Crippen LogP contribution is 1.86. The molecule has 2 N–H and O–H groups in total. The van der Waals surface area contributed by atoms with E-state index in [4.69, 9.17) is 10.2 Å². The van der Waals surface area contributed by atoms with Gasteiger partial charge in [0.15, 0.2) is 0 Å². The Kier molecular flexibility index (Phi) is 6.72. The highest BCUT2D eigenvalue weighted by molar-refractivity contribution is 5.03. The molecule has 0 aliphatic rings. The van der Waals surface area contributed by atoms with Gasteiger partial charge in [0.25, 0.3) is 0 Å². The lowest BCUT2D eigenvalue weighted by Gasteiger charge is -2.03. The second-order valence-electron chi connectivity index (χ2n) is 1.90. The minimum Gasteiger partial charge on any atom is -0.358 e. The largest absolute Gasteiger partial charge is 0.358 e. The van der Waals surface area contributed by atoms with Crippen LogP contribution in [0.25, 0.3) is 0 Å². The summed E-state index contributed by atoms with van der Waals surface area (Å²) in [6.45, 7) is 4.23. The summed E-state index contributed by atoms with van der Waals surface area (Å²) >= 11 is 0. The number of ether oxygens (including phenoxy) is 2. The number of hydrogen-bond acceptors (Lipinski definition) is 4. The topological polar surface area (TPSA) is 58.9 Å². The Balaban J connectivity index is 3.68. The van der Waals surface area contributed by atoms with Gasteiger partial charge in [0, 0.05) is 13.2 Å². The summed E-state index contributed by atoms with van der Waals surface area (Å²) in [5.41, 5.74) is 0. The molecule has 0 rings (SSSR count). The van der Waals surface area contributed by atoms with Gasteiger partial charge in [-0.3, -0.25) is 0 Å². The first-order valence-corrected chi connectivity index (χ1v) is 3.81. The monoisotopic (exact) mass is 174 g/mol. The van der Waals surface area contributed by atoms with E-state index in [-0.39, 0.29) is 0 Å². The van der Waals surface area contributed by atoms with Crippen LogP contribution in [0.2, 0.25) is 0 Å². The van der Waals surface area contributed by atoms with Gasteiger partial charge in [0.05, 0.1) is 0 Å². The lowest BCUT2D eigenvalue weighted by atomic mass is 10.5. The van der Waals surface area contributed by atoms with Gasteiger partial charge in [0.1, 0.15) is 0 Å². The fourth-order valence-electron chi connectivity index (χ4n) is 0.542.